The van der Waals surface area contributed by atoms with Crippen molar-refractivity contribution < 1.29 is 28.3 Å². The largest absolute Gasteiger partial charge is 0.467 e. The van der Waals surface area contributed by atoms with E-state index >= 15 is 0 Å². The summed E-state index contributed by atoms with van der Waals surface area (Å²) in [5.41, 5.74) is 0. The zero-order valence-electron chi connectivity index (χ0n) is 15.9. The van der Waals surface area contributed by atoms with Gasteiger partial charge in [0.1, 0.15) is 11.8 Å². The summed E-state index contributed by atoms with van der Waals surface area (Å²) in [6.45, 7) is 5.77. The van der Waals surface area contributed by atoms with Gasteiger partial charge in [0.2, 0.25) is 11.9 Å². The van der Waals surface area contributed by atoms with Gasteiger partial charge in [-0.05, 0) is 26.0 Å². The van der Waals surface area contributed by atoms with Crippen LogP contribution in [0.3, 0.4) is 0 Å². The normalized spacial score (nSPS) is 22.4. The van der Waals surface area contributed by atoms with Crippen LogP contribution >= 0.6 is 0 Å². The van der Waals surface area contributed by atoms with Crippen molar-refractivity contribution in [2.24, 2.45) is 10.9 Å². The number of nitrogens with one attached hydrogen (secondary N) is 1. The van der Waals surface area contributed by atoms with E-state index in [4.69, 9.17) is 13.9 Å². The maximum absolute atomic E-state index is 12.7. The number of furan rings is 1. The molecule has 28 heavy (non-hydrogen) atoms. The van der Waals surface area contributed by atoms with E-state index in [0.717, 1.165) is 0 Å². The fraction of sp³-hybridized carbons (Fsp3) is 0.556. The first-order valence-corrected chi connectivity index (χ1v) is 9.30. The number of nitrogens with zero attached hydrogens (tertiary/aromatic N) is 3. The number of carbonyl (C=O) groups is 3. The second-order valence-electron chi connectivity index (χ2n) is 6.30. The molecule has 10 nitrogen and oxygen atoms in total. The van der Waals surface area contributed by atoms with Crippen LogP contribution in [0.1, 0.15) is 25.6 Å². The maximum atomic E-state index is 12.7. The number of piperazine rings is 1. The average molecular weight is 392 g/mol. The van der Waals surface area contributed by atoms with Crippen molar-refractivity contribution in [3.8, 4) is 0 Å². The Morgan fingerprint density at radius 2 is 1.93 bits per heavy atom. The van der Waals surface area contributed by atoms with Gasteiger partial charge in [0, 0.05) is 26.2 Å². The Morgan fingerprint density at radius 3 is 2.54 bits per heavy atom. The van der Waals surface area contributed by atoms with E-state index in [1.54, 1.807) is 30.9 Å². The second kappa shape index (κ2) is 8.77. The highest BCUT2D eigenvalue weighted by molar-refractivity contribution is 6.08. The van der Waals surface area contributed by atoms with Gasteiger partial charge in [-0.1, -0.05) is 0 Å². The number of ether oxygens (including phenoxy) is 2. The number of hydrogen-bond acceptors (Lipinski definition) is 8. The lowest BCUT2D eigenvalue weighted by atomic mass is 9.95. The molecule has 0 bridgehead atoms. The first-order valence-electron chi connectivity index (χ1n) is 9.30. The van der Waals surface area contributed by atoms with Crippen LogP contribution in [0.5, 0.6) is 0 Å². The summed E-state index contributed by atoms with van der Waals surface area (Å²) >= 11 is 0. The van der Waals surface area contributed by atoms with E-state index in [2.05, 4.69) is 10.3 Å². The highest BCUT2D eigenvalue weighted by Gasteiger charge is 2.43. The van der Waals surface area contributed by atoms with E-state index in [0.29, 0.717) is 44.5 Å². The molecule has 2 amide bonds. The highest BCUT2D eigenvalue weighted by atomic mass is 16.6. The van der Waals surface area contributed by atoms with Crippen LogP contribution in [-0.2, 0) is 19.1 Å². The number of guanidine groups is 1. The molecule has 0 saturated carbocycles. The summed E-state index contributed by atoms with van der Waals surface area (Å²) in [5.74, 6) is -1.48. The molecule has 0 aliphatic carbocycles. The third-order valence-corrected chi connectivity index (χ3v) is 4.58. The Bertz CT molecular complexity index is 739. The summed E-state index contributed by atoms with van der Waals surface area (Å²) in [5, 5.41) is 2.70. The molecule has 2 atom stereocenters. The molecule has 1 aromatic heterocycles. The van der Waals surface area contributed by atoms with Crippen molar-refractivity contribution in [3.63, 3.8) is 0 Å². The zero-order valence-corrected chi connectivity index (χ0v) is 15.9. The van der Waals surface area contributed by atoms with E-state index in [1.165, 1.54) is 6.26 Å². The van der Waals surface area contributed by atoms with Crippen LogP contribution in [0, 0.1) is 5.92 Å². The molecule has 1 saturated heterocycles. The number of rotatable bonds is 4. The number of hydrogen-bond donors (Lipinski definition) is 1. The Morgan fingerprint density at radius 1 is 1.21 bits per heavy atom. The zero-order chi connectivity index (χ0) is 20.1. The van der Waals surface area contributed by atoms with E-state index in [9.17, 15) is 14.4 Å². The third-order valence-electron chi connectivity index (χ3n) is 4.58. The van der Waals surface area contributed by atoms with Crippen molar-refractivity contribution in [1.29, 1.82) is 0 Å². The van der Waals surface area contributed by atoms with Crippen molar-refractivity contribution in [3.05, 3.63) is 24.2 Å². The van der Waals surface area contributed by atoms with Gasteiger partial charge in [-0.2, -0.15) is 0 Å². The topological polar surface area (TPSA) is 114 Å². The minimum absolute atomic E-state index is 0.167. The summed E-state index contributed by atoms with van der Waals surface area (Å²) < 4.78 is 15.5. The fourth-order valence-corrected chi connectivity index (χ4v) is 3.20. The SMILES string of the molecule is CCOC(=O)C1C(=O)NC(N2CCN(C(=O)OCC)CC2)=NC1c1ccco1. The van der Waals surface area contributed by atoms with E-state index in [-0.39, 0.29) is 12.7 Å². The molecule has 10 heteroatoms. The van der Waals surface area contributed by atoms with Crippen LogP contribution < -0.4 is 5.32 Å². The van der Waals surface area contributed by atoms with Gasteiger partial charge in [0.15, 0.2) is 5.92 Å². The van der Waals surface area contributed by atoms with Crippen molar-refractivity contribution in [2.45, 2.75) is 19.9 Å². The number of carbonyl (C=O) groups excluding carboxylic acids is 3. The summed E-state index contributed by atoms with van der Waals surface area (Å²) in [6.07, 6.45) is 1.12. The van der Waals surface area contributed by atoms with Gasteiger partial charge in [0.05, 0.1) is 19.5 Å². The van der Waals surface area contributed by atoms with Gasteiger partial charge < -0.3 is 23.7 Å². The summed E-state index contributed by atoms with van der Waals surface area (Å²) in [7, 11) is 0. The van der Waals surface area contributed by atoms with Crippen LogP contribution in [0.2, 0.25) is 0 Å². The van der Waals surface area contributed by atoms with Gasteiger partial charge in [-0.25, -0.2) is 9.79 Å². The number of amides is 2. The van der Waals surface area contributed by atoms with Crippen LogP contribution in [0.4, 0.5) is 4.79 Å². The van der Waals surface area contributed by atoms with Gasteiger partial charge in [-0.15, -0.1) is 0 Å². The van der Waals surface area contributed by atoms with Gasteiger partial charge in [-0.3, -0.25) is 14.9 Å². The minimum Gasteiger partial charge on any atom is -0.467 e. The molecular formula is C18H24N4O6. The molecule has 1 aromatic rings. The molecular weight excluding hydrogens is 368 g/mol. The van der Waals surface area contributed by atoms with E-state index < -0.39 is 23.8 Å². The summed E-state index contributed by atoms with van der Waals surface area (Å²) in [4.78, 5) is 44.9. The lowest BCUT2D eigenvalue weighted by Gasteiger charge is -2.38. The molecule has 152 valence electrons. The Kier molecular flexibility index (Phi) is 6.17. The van der Waals surface area contributed by atoms with E-state index in [1.807, 2.05) is 4.90 Å². The van der Waals surface area contributed by atoms with Crippen LogP contribution in [0.25, 0.3) is 0 Å². The Labute approximate surface area is 162 Å². The molecule has 1 fully saturated rings. The first-order chi connectivity index (χ1) is 13.5. The molecule has 3 rings (SSSR count). The standard InChI is InChI=1S/C18H24N4O6/c1-3-26-16(24)13-14(12-6-5-11-28-12)19-17(20-15(13)23)21-7-9-22(10-8-21)18(25)27-4-2/h5-6,11,13-14H,3-4,7-10H2,1-2H3,(H,19,20,23). The second-order valence-corrected chi connectivity index (χ2v) is 6.30. The lowest BCUT2D eigenvalue weighted by Crippen LogP contribution is -2.58. The molecule has 2 aliphatic heterocycles. The number of esters is 1. The van der Waals surface area contributed by atoms with Crippen molar-refractivity contribution in [1.82, 2.24) is 15.1 Å². The van der Waals surface area contributed by atoms with Crippen LogP contribution in [0.15, 0.2) is 27.8 Å². The molecule has 2 aliphatic rings. The summed E-state index contributed by atoms with van der Waals surface area (Å²) in [6, 6.07) is 2.55. The number of aliphatic imine (C=N–C) groups is 1. The highest BCUT2D eigenvalue weighted by Crippen LogP contribution is 2.31. The molecule has 0 radical (unpaired) electrons. The smallest absolute Gasteiger partial charge is 0.409 e. The molecule has 0 aromatic carbocycles. The Hall–Kier alpha value is -3.04. The molecule has 2 unspecified atom stereocenters. The average Bonchev–Trinajstić information content (AvgIpc) is 3.22. The van der Waals surface area contributed by atoms with Crippen molar-refractivity contribution >= 4 is 23.9 Å². The minimum atomic E-state index is -1.12. The molecule has 1 N–H and O–H groups in total. The van der Waals surface area contributed by atoms with Gasteiger partial charge in [0.25, 0.3) is 0 Å². The fourth-order valence-electron chi connectivity index (χ4n) is 3.20. The Balaban J connectivity index is 1.77. The monoisotopic (exact) mass is 392 g/mol. The van der Waals surface area contributed by atoms with Crippen LogP contribution in [-0.4, -0.2) is 73.1 Å². The quantitative estimate of drug-likeness (QED) is 0.594. The predicted molar refractivity (Wildman–Crippen MR) is 97.3 cm³/mol. The molecule has 0 spiro atoms. The maximum Gasteiger partial charge on any atom is 0.409 e. The lowest BCUT2D eigenvalue weighted by molar-refractivity contribution is -0.153. The van der Waals surface area contributed by atoms with Crippen molar-refractivity contribution in [2.75, 3.05) is 39.4 Å². The third kappa shape index (κ3) is 4.10. The van der Waals surface area contributed by atoms with Gasteiger partial charge >= 0.3 is 12.1 Å². The predicted octanol–water partition coefficient (Wildman–Crippen LogP) is 0.760. The first kappa shape index (κ1) is 19.7. The molecule has 3 heterocycles.